The molecular formula is C27H37N5O4. The molecule has 3 amide bonds. The van der Waals surface area contributed by atoms with Gasteiger partial charge in [0.05, 0.1) is 13.2 Å². The second-order valence-corrected chi connectivity index (χ2v) is 9.96. The van der Waals surface area contributed by atoms with Crippen molar-refractivity contribution in [3.05, 3.63) is 47.3 Å². The zero-order valence-electron chi connectivity index (χ0n) is 21.5. The second-order valence-electron chi connectivity index (χ2n) is 9.96. The van der Waals surface area contributed by atoms with Crippen LogP contribution in [0.3, 0.4) is 0 Å². The number of aromatic nitrogens is 2. The van der Waals surface area contributed by atoms with Gasteiger partial charge in [-0.2, -0.15) is 5.10 Å². The molecule has 0 saturated heterocycles. The third kappa shape index (κ3) is 5.55. The minimum atomic E-state index is -1.08. The van der Waals surface area contributed by atoms with E-state index in [1.165, 1.54) is 28.5 Å². The van der Waals surface area contributed by atoms with Crippen LogP contribution in [0, 0.1) is 0 Å². The summed E-state index contributed by atoms with van der Waals surface area (Å²) in [4.78, 5) is 40.7. The highest BCUT2D eigenvalue weighted by atomic mass is 16.5. The van der Waals surface area contributed by atoms with Gasteiger partial charge in [0.2, 0.25) is 5.91 Å². The van der Waals surface area contributed by atoms with E-state index in [0.29, 0.717) is 25.3 Å². The number of hydrogen-bond donors (Lipinski definition) is 2. The van der Waals surface area contributed by atoms with E-state index in [4.69, 9.17) is 4.74 Å². The number of carbonyl (C=O) groups is 3. The standard InChI is InChI=1S/C27H37N5O4/c1-4-36-21-13-11-19(12-14-21)15-16-28-24(33)22-17-23-25(34)31(3)27(2,18-32(23)30-22)26(35)29-20-9-7-5-6-8-10-20/h11-14,17,20H,4-10,15-16,18H2,1-3H3,(H,28,33)(H,29,35)/t27-/m1/s1. The van der Waals surface area contributed by atoms with Gasteiger partial charge in [0, 0.05) is 25.7 Å². The molecule has 9 nitrogen and oxygen atoms in total. The molecule has 0 spiro atoms. The van der Waals surface area contributed by atoms with Gasteiger partial charge in [-0.15, -0.1) is 0 Å². The summed E-state index contributed by atoms with van der Waals surface area (Å²) in [5.74, 6) is -0.0187. The summed E-state index contributed by atoms with van der Waals surface area (Å²) in [7, 11) is 1.64. The first-order chi connectivity index (χ1) is 17.3. The fourth-order valence-electron chi connectivity index (χ4n) is 4.93. The molecule has 0 radical (unpaired) electrons. The highest BCUT2D eigenvalue weighted by molar-refractivity contribution is 6.01. The maximum absolute atomic E-state index is 13.3. The van der Waals surface area contributed by atoms with Crippen LogP contribution in [0.4, 0.5) is 0 Å². The largest absolute Gasteiger partial charge is 0.494 e. The topological polar surface area (TPSA) is 106 Å². The van der Waals surface area contributed by atoms with E-state index in [0.717, 1.165) is 37.0 Å². The van der Waals surface area contributed by atoms with Gasteiger partial charge in [-0.1, -0.05) is 37.8 Å². The number of carbonyl (C=O) groups excluding carboxylic acids is 3. The van der Waals surface area contributed by atoms with Gasteiger partial charge in [0.25, 0.3) is 11.8 Å². The van der Waals surface area contributed by atoms with Crippen LogP contribution in [0.15, 0.2) is 30.3 Å². The maximum Gasteiger partial charge on any atom is 0.272 e. The van der Waals surface area contributed by atoms with Gasteiger partial charge in [0.15, 0.2) is 5.69 Å². The number of amides is 3. The Hall–Kier alpha value is -3.36. The molecule has 0 unspecified atom stereocenters. The Kier molecular flexibility index (Phi) is 7.96. The number of nitrogens with zero attached hydrogens (tertiary/aromatic N) is 3. The third-order valence-electron chi connectivity index (χ3n) is 7.35. The van der Waals surface area contributed by atoms with Crippen LogP contribution >= 0.6 is 0 Å². The number of ether oxygens (including phenoxy) is 1. The van der Waals surface area contributed by atoms with Crippen LogP contribution in [-0.4, -0.2) is 64.2 Å². The third-order valence-corrected chi connectivity index (χ3v) is 7.35. The summed E-state index contributed by atoms with van der Waals surface area (Å²) < 4.78 is 6.95. The lowest BCUT2D eigenvalue weighted by molar-refractivity contribution is -0.133. The highest BCUT2D eigenvalue weighted by Gasteiger charge is 2.46. The quantitative estimate of drug-likeness (QED) is 0.548. The number of nitrogens with one attached hydrogen (secondary N) is 2. The minimum absolute atomic E-state index is 0.135. The monoisotopic (exact) mass is 495 g/mol. The van der Waals surface area contributed by atoms with Gasteiger partial charge >= 0.3 is 0 Å². The van der Waals surface area contributed by atoms with E-state index >= 15 is 0 Å². The fourth-order valence-corrected chi connectivity index (χ4v) is 4.93. The summed E-state index contributed by atoms with van der Waals surface area (Å²) in [6.45, 7) is 4.95. The van der Waals surface area contributed by atoms with E-state index in [1.54, 1.807) is 14.0 Å². The Morgan fingerprint density at radius 1 is 1.14 bits per heavy atom. The molecule has 2 aliphatic rings. The maximum atomic E-state index is 13.3. The lowest BCUT2D eigenvalue weighted by atomic mass is 9.95. The number of likely N-dealkylation sites (N-methyl/N-ethyl adjacent to an activating group) is 1. The van der Waals surface area contributed by atoms with Crippen molar-refractivity contribution in [3.8, 4) is 5.75 Å². The lowest BCUT2D eigenvalue weighted by Gasteiger charge is -2.41. The number of fused-ring (bicyclic) bond motifs is 1. The molecule has 2 heterocycles. The summed E-state index contributed by atoms with van der Waals surface area (Å²) in [5.41, 5.74) is 0.486. The average molecular weight is 496 g/mol. The van der Waals surface area contributed by atoms with Crippen molar-refractivity contribution in [2.24, 2.45) is 0 Å². The first kappa shape index (κ1) is 25.7. The molecule has 4 rings (SSSR count). The molecule has 0 bridgehead atoms. The molecule has 36 heavy (non-hydrogen) atoms. The van der Waals surface area contributed by atoms with Crippen LogP contribution in [0.1, 0.15) is 78.9 Å². The molecule has 1 saturated carbocycles. The Morgan fingerprint density at radius 2 is 1.83 bits per heavy atom. The molecule has 1 aliphatic heterocycles. The van der Waals surface area contributed by atoms with Crippen LogP contribution in [0.25, 0.3) is 0 Å². The average Bonchev–Trinajstić information content (AvgIpc) is 3.12. The number of benzene rings is 1. The van der Waals surface area contributed by atoms with Gasteiger partial charge in [0.1, 0.15) is 17.0 Å². The Morgan fingerprint density at radius 3 is 2.50 bits per heavy atom. The van der Waals surface area contributed by atoms with E-state index < -0.39 is 5.54 Å². The van der Waals surface area contributed by atoms with Crippen molar-refractivity contribution in [3.63, 3.8) is 0 Å². The zero-order valence-corrected chi connectivity index (χ0v) is 21.5. The molecule has 2 aromatic rings. The summed E-state index contributed by atoms with van der Waals surface area (Å²) in [5, 5.41) is 10.4. The Labute approximate surface area is 212 Å². The predicted molar refractivity (Wildman–Crippen MR) is 136 cm³/mol. The number of rotatable bonds is 8. The fraction of sp³-hybridized carbons (Fsp3) is 0.556. The number of hydrogen-bond acceptors (Lipinski definition) is 5. The smallest absolute Gasteiger partial charge is 0.272 e. The van der Waals surface area contributed by atoms with E-state index in [1.807, 2.05) is 31.2 Å². The minimum Gasteiger partial charge on any atom is -0.494 e. The lowest BCUT2D eigenvalue weighted by Crippen LogP contribution is -2.63. The molecule has 9 heteroatoms. The first-order valence-electron chi connectivity index (χ1n) is 13.0. The zero-order chi connectivity index (χ0) is 25.7. The van der Waals surface area contributed by atoms with Crippen LogP contribution in [0.2, 0.25) is 0 Å². The SMILES string of the molecule is CCOc1ccc(CCNC(=O)c2cc3n(n2)C[C@](C)(C(=O)NC2CCCCCC2)N(C)C3=O)cc1. The highest BCUT2D eigenvalue weighted by Crippen LogP contribution is 2.27. The molecular weight excluding hydrogens is 458 g/mol. The Bertz CT molecular complexity index is 1090. The van der Waals surface area contributed by atoms with E-state index in [9.17, 15) is 14.4 Å². The normalized spacial score (nSPS) is 20.4. The molecule has 1 fully saturated rings. The van der Waals surface area contributed by atoms with Crippen molar-refractivity contribution in [1.82, 2.24) is 25.3 Å². The molecule has 1 aliphatic carbocycles. The van der Waals surface area contributed by atoms with Gasteiger partial charge in [-0.05, 0) is 50.8 Å². The van der Waals surface area contributed by atoms with Crippen molar-refractivity contribution in [2.75, 3.05) is 20.2 Å². The van der Waals surface area contributed by atoms with Crippen molar-refractivity contribution in [1.29, 1.82) is 0 Å². The molecule has 1 aromatic heterocycles. The van der Waals surface area contributed by atoms with Crippen molar-refractivity contribution < 1.29 is 19.1 Å². The van der Waals surface area contributed by atoms with E-state index in [2.05, 4.69) is 15.7 Å². The second kappa shape index (κ2) is 11.1. The van der Waals surface area contributed by atoms with Crippen LogP contribution in [0.5, 0.6) is 5.75 Å². The van der Waals surface area contributed by atoms with Crippen molar-refractivity contribution in [2.45, 2.75) is 76.9 Å². The summed E-state index contributed by atoms with van der Waals surface area (Å²) >= 11 is 0. The molecule has 2 N–H and O–H groups in total. The molecule has 1 atom stereocenters. The van der Waals surface area contributed by atoms with Gasteiger partial charge < -0.3 is 20.3 Å². The van der Waals surface area contributed by atoms with E-state index in [-0.39, 0.29) is 36.0 Å². The first-order valence-corrected chi connectivity index (χ1v) is 13.0. The van der Waals surface area contributed by atoms with Gasteiger partial charge in [-0.25, -0.2) is 0 Å². The van der Waals surface area contributed by atoms with Gasteiger partial charge in [-0.3, -0.25) is 19.1 Å². The van der Waals surface area contributed by atoms with Crippen LogP contribution in [-0.2, 0) is 17.8 Å². The summed E-state index contributed by atoms with van der Waals surface area (Å²) in [6, 6.07) is 9.42. The van der Waals surface area contributed by atoms with Crippen LogP contribution < -0.4 is 15.4 Å². The predicted octanol–water partition coefficient (Wildman–Crippen LogP) is 2.94. The molecule has 194 valence electrons. The molecule has 1 aromatic carbocycles. The Balaban J connectivity index is 1.38. The summed E-state index contributed by atoms with van der Waals surface area (Å²) in [6.07, 6.45) is 7.20. The van der Waals surface area contributed by atoms with Crippen molar-refractivity contribution >= 4 is 17.7 Å².